The molecule has 0 amide bonds. The third-order valence-corrected chi connectivity index (χ3v) is 4.22. The molecule has 0 aliphatic heterocycles. The van der Waals surface area contributed by atoms with Crippen LogP contribution in [0.25, 0.3) is 0 Å². The Labute approximate surface area is 116 Å². The van der Waals surface area contributed by atoms with Gasteiger partial charge in [0.25, 0.3) is 0 Å². The van der Waals surface area contributed by atoms with Gasteiger partial charge in [0.05, 0.1) is 0 Å². The molecule has 1 nitrogen and oxygen atoms in total. The molecule has 0 spiro atoms. The van der Waals surface area contributed by atoms with E-state index in [2.05, 4.69) is 42.0 Å². The van der Waals surface area contributed by atoms with E-state index in [1.54, 1.807) is 6.07 Å². The van der Waals surface area contributed by atoms with Crippen molar-refractivity contribution in [3.8, 4) is 0 Å². The van der Waals surface area contributed by atoms with Crippen LogP contribution in [0.5, 0.6) is 0 Å². The van der Waals surface area contributed by atoms with Crippen LogP contribution >= 0.6 is 27.7 Å². The summed E-state index contributed by atoms with van der Waals surface area (Å²) in [6.07, 6.45) is 0. The van der Waals surface area contributed by atoms with Gasteiger partial charge in [-0.3, -0.25) is 0 Å². The van der Waals surface area contributed by atoms with Crippen LogP contribution in [0.3, 0.4) is 0 Å². The number of benzene rings is 1. The smallest absolute Gasteiger partial charge is 0.128 e. The van der Waals surface area contributed by atoms with Crippen LogP contribution in [0.4, 0.5) is 4.39 Å². The van der Waals surface area contributed by atoms with Crippen LogP contribution in [0, 0.1) is 5.82 Å². The molecule has 17 heavy (non-hydrogen) atoms. The fraction of sp³-hybridized carbons (Fsp3) is 0.538. The molecule has 0 bridgehead atoms. The molecule has 0 aliphatic rings. The van der Waals surface area contributed by atoms with Crippen LogP contribution in [-0.4, -0.2) is 17.5 Å². The molecule has 0 aromatic heterocycles. The largest absolute Gasteiger partial charge is 0.312 e. The van der Waals surface area contributed by atoms with Crippen molar-refractivity contribution >= 4 is 27.7 Å². The number of rotatable bonds is 4. The Morgan fingerprint density at radius 1 is 1.41 bits per heavy atom. The van der Waals surface area contributed by atoms with E-state index in [-0.39, 0.29) is 16.6 Å². The molecule has 1 rings (SSSR count). The molecular formula is C13H19BrFNS. The minimum Gasteiger partial charge on any atom is -0.312 e. The number of hydrogen-bond acceptors (Lipinski definition) is 2. The van der Waals surface area contributed by atoms with Crippen molar-refractivity contribution in [1.29, 1.82) is 0 Å². The van der Waals surface area contributed by atoms with Crippen molar-refractivity contribution in [1.82, 2.24) is 5.32 Å². The second-order valence-electron chi connectivity index (χ2n) is 4.93. The quantitative estimate of drug-likeness (QED) is 0.883. The third kappa shape index (κ3) is 4.98. The lowest BCUT2D eigenvalue weighted by atomic mass is 10.1. The van der Waals surface area contributed by atoms with Crippen molar-refractivity contribution in [2.24, 2.45) is 0 Å². The number of hydrogen-bond donors (Lipinski definition) is 1. The first-order chi connectivity index (χ1) is 7.83. The van der Waals surface area contributed by atoms with Gasteiger partial charge in [0.15, 0.2) is 0 Å². The molecular weight excluding hydrogens is 301 g/mol. The Morgan fingerprint density at radius 3 is 2.59 bits per heavy atom. The van der Waals surface area contributed by atoms with Gasteiger partial charge in [0.2, 0.25) is 0 Å². The van der Waals surface area contributed by atoms with E-state index < -0.39 is 0 Å². The first kappa shape index (κ1) is 15.0. The Kier molecular flexibility index (Phi) is 5.48. The molecule has 1 unspecified atom stereocenters. The standard InChI is InChI=1S/C13H19BrFNS/c1-13(2,3)17-8-12(16-4)10-7-9(14)5-6-11(10)15/h5-7,12,16H,8H2,1-4H3. The van der Waals surface area contributed by atoms with Gasteiger partial charge in [-0.2, -0.15) is 11.8 Å². The molecule has 1 aromatic carbocycles. The monoisotopic (exact) mass is 319 g/mol. The zero-order valence-electron chi connectivity index (χ0n) is 10.7. The van der Waals surface area contributed by atoms with Crippen molar-refractivity contribution in [3.63, 3.8) is 0 Å². The maximum atomic E-state index is 13.8. The highest BCUT2D eigenvalue weighted by Crippen LogP contribution is 2.30. The van der Waals surface area contributed by atoms with E-state index in [9.17, 15) is 4.39 Å². The average molecular weight is 320 g/mol. The number of halogens is 2. The maximum absolute atomic E-state index is 13.8. The van der Waals surface area contributed by atoms with Gasteiger partial charge in [-0.25, -0.2) is 4.39 Å². The fourth-order valence-electron chi connectivity index (χ4n) is 1.44. The lowest BCUT2D eigenvalue weighted by molar-refractivity contribution is 0.564. The van der Waals surface area contributed by atoms with Crippen LogP contribution in [0.2, 0.25) is 0 Å². The Morgan fingerprint density at radius 2 is 2.06 bits per heavy atom. The predicted octanol–water partition coefficient (Wildman–Crippen LogP) is 4.38. The minimum atomic E-state index is -0.151. The SMILES string of the molecule is CNC(CSC(C)(C)C)c1cc(Br)ccc1F. The molecule has 0 fully saturated rings. The second kappa shape index (κ2) is 6.21. The van der Waals surface area contributed by atoms with Crippen LogP contribution < -0.4 is 5.32 Å². The Bertz CT molecular complexity index is 376. The summed E-state index contributed by atoms with van der Waals surface area (Å²) in [4.78, 5) is 0. The minimum absolute atomic E-state index is 0.0386. The van der Waals surface area contributed by atoms with E-state index in [0.29, 0.717) is 0 Å². The summed E-state index contributed by atoms with van der Waals surface area (Å²) in [5, 5.41) is 3.18. The number of nitrogens with one attached hydrogen (secondary N) is 1. The first-order valence-corrected chi connectivity index (χ1v) is 7.37. The highest BCUT2D eigenvalue weighted by Gasteiger charge is 2.18. The molecule has 0 saturated heterocycles. The highest BCUT2D eigenvalue weighted by atomic mass is 79.9. The Balaban J connectivity index is 2.82. The van der Waals surface area contributed by atoms with Gasteiger partial charge in [0, 0.05) is 26.6 Å². The van der Waals surface area contributed by atoms with Crippen molar-refractivity contribution < 1.29 is 4.39 Å². The molecule has 0 heterocycles. The fourth-order valence-corrected chi connectivity index (χ4v) is 2.84. The molecule has 1 N–H and O–H groups in total. The normalized spacial score (nSPS) is 13.8. The lowest BCUT2D eigenvalue weighted by Crippen LogP contribution is -2.22. The van der Waals surface area contributed by atoms with E-state index in [0.717, 1.165) is 15.8 Å². The topological polar surface area (TPSA) is 12.0 Å². The van der Waals surface area contributed by atoms with E-state index in [4.69, 9.17) is 0 Å². The summed E-state index contributed by atoms with van der Waals surface area (Å²) in [7, 11) is 1.87. The molecule has 0 aliphatic carbocycles. The first-order valence-electron chi connectivity index (χ1n) is 5.59. The van der Waals surface area contributed by atoms with Gasteiger partial charge in [0.1, 0.15) is 5.82 Å². The van der Waals surface area contributed by atoms with Crippen LogP contribution in [0.1, 0.15) is 32.4 Å². The highest BCUT2D eigenvalue weighted by molar-refractivity contribution is 9.10. The van der Waals surface area contributed by atoms with Crippen molar-refractivity contribution in [2.45, 2.75) is 31.6 Å². The molecule has 1 aromatic rings. The number of thioether (sulfide) groups is 1. The predicted molar refractivity (Wildman–Crippen MR) is 78.1 cm³/mol. The van der Waals surface area contributed by atoms with Gasteiger partial charge in [-0.15, -0.1) is 0 Å². The molecule has 1 atom stereocenters. The van der Waals surface area contributed by atoms with E-state index in [1.807, 2.05) is 24.9 Å². The van der Waals surface area contributed by atoms with E-state index in [1.165, 1.54) is 6.07 Å². The van der Waals surface area contributed by atoms with E-state index >= 15 is 0 Å². The summed E-state index contributed by atoms with van der Waals surface area (Å²) in [5.41, 5.74) is 0.721. The second-order valence-corrected chi connectivity index (χ2v) is 7.69. The summed E-state index contributed by atoms with van der Waals surface area (Å²) in [5.74, 6) is 0.704. The lowest BCUT2D eigenvalue weighted by Gasteiger charge is -2.23. The van der Waals surface area contributed by atoms with Crippen LogP contribution in [0.15, 0.2) is 22.7 Å². The van der Waals surface area contributed by atoms with Crippen molar-refractivity contribution in [3.05, 3.63) is 34.1 Å². The van der Waals surface area contributed by atoms with Crippen molar-refractivity contribution in [2.75, 3.05) is 12.8 Å². The molecule has 0 radical (unpaired) electrons. The van der Waals surface area contributed by atoms with Gasteiger partial charge in [-0.05, 0) is 25.2 Å². The zero-order chi connectivity index (χ0) is 13.1. The maximum Gasteiger partial charge on any atom is 0.128 e. The zero-order valence-corrected chi connectivity index (χ0v) is 13.1. The third-order valence-electron chi connectivity index (χ3n) is 2.36. The van der Waals surface area contributed by atoms with Gasteiger partial charge in [-0.1, -0.05) is 36.7 Å². The van der Waals surface area contributed by atoms with Crippen LogP contribution in [-0.2, 0) is 0 Å². The summed E-state index contributed by atoms with van der Waals surface area (Å²) >= 11 is 5.21. The summed E-state index contributed by atoms with van der Waals surface area (Å²) in [6, 6.07) is 5.12. The molecule has 0 saturated carbocycles. The van der Waals surface area contributed by atoms with Gasteiger partial charge >= 0.3 is 0 Å². The summed E-state index contributed by atoms with van der Waals surface area (Å²) < 4.78 is 14.9. The molecule has 96 valence electrons. The van der Waals surface area contributed by atoms with Gasteiger partial charge < -0.3 is 5.32 Å². The average Bonchev–Trinajstić information content (AvgIpc) is 2.22. The summed E-state index contributed by atoms with van der Waals surface area (Å²) in [6.45, 7) is 6.50. The Hall–Kier alpha value is -0.0600. The molecule has 4 heteroatoms.